The van der Waals surface area contributed by atoms with Gasteiger partial charge in [-0.2, -0.15) is 0 Å². The Bertz CT molecular complexity index is 444. The highest BCUT2D eigenvalue weighted by atomic mass is 79.9. The van der Waals surface area contributed by atoms with Gasteiger partial charge in [-0.3, -0.25) is 4.90 Å². The maximum Gasteiger partial charge on any atom is 0.133 e. The van der Waals surface area contributed by atoms with E-state index in [1.807, 2.05) is 0 Å². The van der Waals surface area contributed by atoms with Crippen molar-refractivity contribution in [1.29, 1.82) is 0 Å². The molecule has 1 aromatic rings. The summed E-state index contributed by atoms with van der Waals surface area (Å²) in [5, 5.41) is 3.44. The quantitative estimate of drug-likeness (QED) is 0.839. The molecule has 0 bridgehead atoms. The third kappa shape index (κ3) is 4.70. The molecule has 3 nitrogen and oxygen atoms in total. The number of nitrogens with one attached hydrogen (secondary N) is 1. The maximum atomic E-state index is 5.35. The maximum absolute atomic E-state index is 5.35. The van der Waals surface area contributed by atoms with Crippen LogP contribution in [-0.2, 0) is 0 Å². The van der Waals surface area contributed by atoms with Crippen molar-refractivity contribution in [3.8, 4) is 5.75 Å². The molecule has 0 unspecified atom stereocenters. The van der Waals surface area contributed by atoms with E-state index < -0.39 is 0 Å². The van der Waals surface area contributed by atoms with Gasteiger partial charge in [0.2, 0.25) is 0 Å². The van der Waals surface area contributed by atoms with Crippen molar-refractivity contribution < 1.29 is 4.74 Å². The monoisotopic (exact) mass is 354 g/mol. The second kappa shape index (κ2) is 8.16. The Kier molecular flexibility index (Phi) is 6.52. The third-order valence-electron chi connectivity index (χ3n) is 4.17. The molecule has 0 amide bonds. The van der Waals surface area contributed by atoms with Gasteiger partial charge < -0.3 is 10.1 Å². The molecular formula is C17H27BrN2O. The summed E-state index contributed by atoms with van der Waals surface area (Å²) in [6.45, 7) is 9.06. The first-order valence-electron chi connectivity index (χ1n) is 7.90. The Labute approximate surface area is 137 Å². The van der Waals surface area contributed by atoms with Gasteiger partial charge in [-0.15, -0.1) is 0 Å². The molecule has 1 aliphatic rings. The molecule has 1 aliphatic heterocycles. The lowest BCUT2D eigenvalue weighted by Crippen LogP contribution is -2.45. The zero-order valence-electron chi connectivity index (χ0n) is 13.4. The average Bonchev–Trinajstić information content (AvgIpc) is 2.48. The van der Waals surface area contributed by atoms with E-state index in [9.17, 15) is 0 Å². The molecule has 0 spiro atoms. The minimum atomic E-state index is 0.511. The van der Waals surface area contributed by atoms with Crippen LogP contribution in [0.2, 0.25) is 0 Å². The van der Waals surface area contributed by atoms with Crippen molar-refractivity contribution in [2.24, 2.45) is 5.92 Å². The predicted molar refractivity (Wildman–Crippen MR) is 91.9 cm³/mol. The van der Waals surface area contributed by atoms with Gasteiger partial charge in [-0.1, -0.05) is 19.9 Å². The zero-order chi connectivity index (χ0) is 15.2. The standard InChI is InChI=1S/C17H27BrN2O/c1-13(2)4-6-16(20-10-8-19-9-11-20)14-5-7-17(21-3)15(18)12-14/h5,7,12-13,16,19H,4,6,8-11H2,1-3H3/t16-/m0/s1. The molecular weight excluding hydrogens is 328 g/mol. The molecule has 1 atom stereocenters. The molecule has 1 saturated heterocycles. The van der Waals surface area contributed by atoms with Crippen LogP contribution in [0.15, 0.2) is 22.7 Å². The van der Waals surface area contributed by atoms with E-state index in [2.05, 4.69) is 58.2 Å². The summed E-state index contributed by atoms with van der Waals surface area (Å²) in [6, 6.07) is 7.03. The number of rotatable bonds is 6. The highest BCUT2D eigenvalue weighted by Crippen LogP contribution is 2.33. The van der Waals surface area contributed by atoms with E-state index >= 15 is 0 Å². The molecule has 0 radical (unpaired) electrons. The van der Waals surface area contributed by atoms with Gasteiger partial charge in [0.05, 0.1) is 11.6 Å². The first kappa shape index (κ1) is 16.8. The lowest BCUT2D eigenvalue weighted by Gasteiger charge is -2.36. The lowest BCUT2D eigenvalue weighted by atomic mass is 9.95. The Balaban J connectivity index is 2.18. The van der Waals surface area contributed by atoms with Gasteiger partial charge in [0, 0.05) is 32.2 Å². The fourth-order valence-electron chi connectivity index (χ4n) is 2.93. The normalized spacial score (nSPS) is 18.0. The molecule has 0 saturated carbocycles. The summed E-state index contributed by atoms with van der Waals surface area (Å²) in [4.78, 5) is 2.62. The van der Waals surface area contributed by atoms with Crippen LogP contribution in [0.3, 0.4) is 0 Å². The Hall–Kier alpha value is -0.580. The van der Waals surface area contributed by atoms with Crippen LogP contribution in [0.4, 0.5) is 0 Å². The molecule has 1 aromatic carbocycles. The number of benzene rings is 1. The summed E-state index contributed by atoms with van der Waals surface area (Å²) in [5.74, 6) is 1.65. The van der Waals surface area contributed by atoms with Gasteiger partial charge in [0.1, 0.15) is 5.75 Å². The minimum Gasteiger partial charge on any atom is -0.496 e. The summed E-state index contributed by atoms with van der Waals surface area (Å²) in [5.41, 5.74) is 1.39. The Morgan fingerprint density at radius 2 is 1.95 bits per heavy atom. The van der Waals surface area contributed by atoms with Crippen LogP contribution in [-0.4, -0.2) is 38.2 Å². The van der Waals surface area contributed by atoms with Crippen molar-refractivity contribution in [2.75, 3.05) is 33.3 Å². The topological polar surface area (TPSA) is 24.5 Å². The molecule has 21 heavy (non-hydrogen) atoms. The number of hydrogen-bond donors (Lipinski definition) is 1. The molecule has 1 N–H and O–H groups in total. The van der Waals surface area contributed by atoms with Crippen LogP contribution >= 0.6 is 15.9 Å². The summed E-state index contributed by atoms with van der Waals surface area (Å²) >= 11 is 3.62. The van der Waals surface area contributed by atoms with Gasteiger partial charge in [0.25, 0.3) is 0 Å². The smallest absolute Gasteiger partial charge is 0.133 e. The van der Waals surface area contributed by atoms with Gasteiger partial charge >= 0.3 is 0 Å². The van der Waals surface area contributed by atoms with Crippen molar-refractivity contribution in [3.63, 3.8) is 0 Å². The third-order valence-corrected chi connectivity index (χ3v) is 4.79. The highest BCUT2D eigenvalue weighted by Gasteiger charge is 2.22. The molecule has 4 heteroatoms. The lowest BCUT2D eigenvalue weighted by molar-refractivity contribution is 0.159. The number of nitrogens with zero attached hydrogens (tertiary/aromatic N) is 1. The van der Waals surface area contributed by atoms with E-state index in [4.69, 9.17) is 4.74 Å². The fraction of sp³-hybridized carbons (Fsp3) is 0.647. The van der Waals surface area contributed by atoms with Crippen molar-refractivity contribution >= 4 is 15.9 Å². The molecule has 2 rings (SSSR count). The van der Waals surface area contributed by atoms with Crippen molar-refractivity contribution in [3.05, 3.63) is 28.2 Å². The second-order valence-electron chi connectivity index (χ2n) is 6.17. The first-order chi connectivity index (χ1) is 10.1. The molecule has 1 heterocycles. The molecule has 0 aliphatic carbocycles. The Morgan fingerprint density at radius 1 is 1.24 bits per heavy atom. The number of ether oxygens (including phenoxy) is 1. The van der Waals surface area contributed by atoms with Crippen LogP contribution in [0.1, 0.15) is 38.3 Å². The van der Waals surface area contributed by atoms with Crippen LogP contribution in [0.5, 0.6) is 5.75 Å². The minimum absolute atomic E-state index is 0.511. The summed E-state index contributed by atoms with van der Waals surface area (Å²) in [6.07, 6.45) is 2.48. The zero-order valence-corrected chi connectivity index (χ0v) is 14.9. The fourth-order valence-corrected chi connectivity index (χ4v) is 3.49. The summed E-state index contributed by atoms with van der Waals surface area (Å²) in [7, 11) is 1.71. The number of piperazine rings is 1. The molecule has 118 valence electrons. The summed E-state index contributed by atoms with van der Waals surface area (Å²) < 4.78 is 6.40. The van der Waals surface area contributed by atoms with E-state index in [0.29, 0.717) is 6.04 Å². The second-order valence-corrected chi connectivity index (χ2v) is 7.02. The van der Waals surface area contributed by atoms with Gasteiger partial charge in [0.15, 0.2) is 0 Å². The SMILES string of the molecule is COc1ccc([C@H](CCC(C)C)N2CCNCC2)cc1Br. The van der Waals surface area contributed by atoms with Crippen molar-refractivity contribution in [2.45, 2.75) is 32.7 Å². The van der Waals surface area contributed by atoms with Crippen molar-refractivity contribution in [1.82, 2.24) is 10.2 Å². The highest BCUT2D eigenvalue weighted by molar-refractivity contribution is 9.10. The van der Waals surface area contributed by atoms with Gasteiger partial charge in [-0.05, 0) is 52.4 Å². The van der Waals surface area contributed by atoms with Crippen LogP contribution in [0.25, 0.3) is 0 Å². The number of hydrogen-bond acceptors (Lipinski definition) is 3. The van der Waals surface area contributed by atoms with Gasteiger partial charge in [-0.25, -0.2) is 0 Å². The van der Waals surface area contributed by atoms with E-state index in [1.165, 1.54) is 18.4 Å². The van der Waals surface area contributed by atoms with E-state index in [-0.39, 0.29) is 0 Å². The molecule has 1 fully saturated rings. The molecule has 0 aromatic heterocycles. The average molecular weight is 355 g/mol. The van der Waals surface area contributed by atoms with Crippen LogP contribution in [0, 0.1) is 5.92 Å². The number of halogens is 1. The van der Waals surface area contributed by atoms with Crippen LogP contribution < -0.4 is 10.1 Å². The predicted octanol–water partition coefficient (Wildman–Crippen LogP) is 3.84. The Morgan fingerprint density at radius 3 is 2.52 bits per heavy atom. The van der Waals surface area contributed by atoms with E-state index in [1.54, 1.807) is 7.11 Å². The largest absolute Gasteiger partial charge is 0.496 e. The first-order valence-corrected chi connectivity index (χ1v) is 8.69. The van der Waals surface area contributed by atoms with E-state index in [0.717, 1.165) is 42.3 Å². The number of methoxy groups -OCH3 is 1.